The zero-order valence-corrected chi connectivity index (χ0v) is 21.8. The van der Waals surface area contributed by atoms with Crippen LogP contribution in [0.4, 0.5) is 0 Å². The SMILES string of the molecule is O=C(c1ccccc1)n1c(=O)ccn(CC=CCOC(c2ccccc2)(c2ccccc2)c2ccccc2)c1=O. The molecule has 0 saturated carbocycles. The van der Waals surface area contributed by atoms with Gasteiger partial charge in [0.15, 0.2) is 0 Å². The zero-order valence-electron chi connectivity index (χ0n) is 21.8. The minimum atomic E-state index is -0.861. The highest BCUT2D eigenvalue weighted by Crippen LogP contribution is 2.40. The quantitative estimate of drug-likeness (QED) is 0.193. The molecule has 0 aliphatic heterocycles. The van der Waals surface area contributed by atoms with Crippen LogP contribution in [0.2, 0.25) is 0 Å². The molecule has 0 aliphatic rings. The first-order valence-electron chi connectivity index (χ1n) is 13.0. The first-order valence-corrected chi connectivity index (χ1v) is 13.0. The van der Waals surface area contributed by atoms with Crippen molar-refractivity contribution in [2.24, 2.45) is 0 Å². The highest BCUT2D eigenvalue weighted by Gasteiger charge is 2.37. The highest BCUT2D eigenvalue weighted by molar-refractivity contribution is 5.95. The summed E-state index contributed by atoms with van der Waals surface area (Å²) in [6, 6.07) is 39.7. The number of hydrogen-bond acceptors (Lipinski definition) is 4. The Balaban J connectivity index is 1.42. The standard InChI is InChI=1S/C34H28N2O4/c37-31-23-25-35(33(39)36(31)32(38)27-15-5-1-6-16-27)24-13-14-26-40-34(28-17-7-2-8-18-28,29-19-9-3-10-20-29)30-21-11-4-12-22-30/h1-23,25H,24,26H2. The molecule has 4 aromatic carbocycles. The molecule has 0 amide bonds. The number of benzene rings is 4. The van der Waals surface area contributed by atoms with E-state index in [1.165, 1.54) is 16.8 Å². The van der Waals surface area contributed by atoms with Crippen molar-refractivity contribution in [1.29, 1.82) is 0 Å². The fourth-order valence-electron chi connectivity index (χ4n) is 4.75. The van der Waals surface area contributed by atoms with Crippen LogP contribution in [0.5, 0.6) is 0 Å². The molecular formula is C34H28N2O4. The van der Waals surface area contributed by atoms with E-state index in [4.69, 9.17) is 4.74 Å². The van der Waals surface area contributed by atoms with E-state index < -0.39 is 22.8 Å². The molecule has 5 aromatic rings. The highest BCUT2D eigenvalue weighted by atomic mass is 16.5. The van der Waals surface area contributed by atoms with Crippen molar-refractivity contribution in [3.8, 4) is 0 Å². The van der Waals surface area contributed by atoms with Gasteiger partial charge in [0.1, 0.15) is 5.60 Å². The molecule has 0 spiro atoms. The first kappa shape index (κ1) is 26.5. The molecule has 1 aromatic heterocycles. The van der Waals surface area contributed by atoms with Gasteiger partial charge < -0.3 is 4.74 Å². The Hall–Kier alpha value is -5.07. The van der Waals surface area contributed by atoms with Gasteiger partial charge in [0.25, 0.3) is 11.5 Å². The van der Waals surface area contributed by atoms with E-state index in [-0.39, 0.29) is 18.7 Å². The maximum Gasteiger partial charge on any atom is 0.338 e. The Bertz CT molecular complexity index is 1610. The maximum absolute atomic E-state index is 13.0. The molecule has 0 aliphatic carbocycles. The molecular weight excluding hydrogens is 500 g/mol. The van der Waals surface area contributed by atoms with Gasteiger partial charge in [0.2, 0.25) is 0 Å². The van der Waals surface area contributed by atoms with Crippen molar-refractivity contribution in [3.05, 3.63) is 189 Å². The Kier molecular flexibility index (Phi) is 8.09. The average molecular weight is 529 g/mol. The number of carbonyl (C=O) groups excluding carboxylic acids is 1. The van der Waals surface area contributed by atoms with E-state index in [0.29, 0.717) is 4.57 Å². The summed E-state index contributed by atoms with van der Waals surface area (Å²) in [4.78, 5) is 38.3. The van der Waals surface area contributed by atoms with Crippen LogP contribution < -0.4 is 11.2 Å². The zero-order chi connectivity index (χ0) is 27.8. The largest absolute Gasteiger partial charge is 0.357 e. The maximum atomic E-state index is 13.0. The predicted octanol–water partition coefficient (Wildman–Crippen LogP) is 5.26. The van der Waals surface area contributed by atoms with Gasteiger partial charge in [0, 0.05) is 24.4 Å². The number of hydrogen-bond donors (Lipinski definition) is 0. The summed E-state index contributed by atoms with van der Waals surface area (Å²) in [5.41, 5.74) is 1.01. The summed E-state index contributed by atoms with van der Waals surface area (Å²) >= 11 is 0. The van der Waals surface area contributed by atoms with Crippen LogP contribution in [0.1, 0.15) is 27.0 Å². The van der Waals surface area contributed by atoms with E-state index in [9.17, 15) is 14.4 Å². The normalized spacial score (nSPS) is 11.5. The third-order valence-electron chi connectivity index (χ3n) is 6.68. The number of ether oxygens (including phenoxy) is 1. The predicted molar refractivity (Wildman–Crippen MR) is 155 cm³/mol. The fraction of sp³-hybridized carbons (Fsp3) is 0.0882. The molecule has 6 nitrogen and oxygen atoms in total. The van der Waals surface area contributed by atoms with Crippen LogP contribution in [0.25, 0.3) is 0 Å². The van der Waals surface area contributed by atoms with Gasteiger partial charge >= 0.3 is 5.69 Å². The Labute approximate surface area is 232 Å². The van der Waals surface area contributed by atoms with Crippen molar-refractivity contribution in [3.63, 3.8) is 0 Å². The number of aromatic nitrogens is 2. The van der Waals surface area contributed by atoms with Crippen LogP contribution in [-0.2, 0) is 16.9 Å². The van der Waals surface area contributed by atoms with Crippen molar-refractivity contribution >= 4 is 5.91 Å². The smallest absolute Gasteiger partial charge is 0.338 e. The number of carbonyl (C=O) groups is 1. The molecule has 198 valence electrons. The number of rotatable bonds is 9. The Morgan fingerprint density at radius 3 is 1.62 bits per heavy atom. The van der Waals surface area contributed by atoms with Crippen molar-refractivity contribution in [2.45, 2.75) is 12.1 Å². The van der Waals surface area contributed by atoms with Crippen LogP contribution in [0.15, 0.2) is 155 Å². The molecule has 5 rings (SSSR count). The topological polar surface area (TPSA) is 70.3 Å². The molecule has 0 atom stereocenters. The van der Waals surface area contributed by atoms with E-state index >= 15 is 0 Å². The summed E-state index contributed by atoms with van der Waals surface area (Å²) in [5, 5.41) is 0. The van der Waals surface area contributed by atoms with Crippen molar-refractivity contribution in [1.82, 2.24) is 9.13 Å². The lowest BCUT2D eigenvalue weighted by molar-refractivity contribution is 0.0318. The molecule has 0 radical (unpaired) electrons. The number of nitrogens with zero attached hydrogens (tertiary/aromatic N) is 2. The lowest BCUT2D eigenvalue weighted by atomic mass is 9.80. The molecule has 0 fully saturated rings. The lowest BCUT2D eigenvalue weighted by Gasteiger charge is -2.35. The van der Waals surface area contributed by atoms with Crippen LogP contribution in [0, 0.1) is 0 Å². The van der Waals surface area contributed by atoms with Crippen LogP contribution >= 0.6 is 0 Å². The second kappa shape index (κ2) is 12.2. The van der Waals surface area contributed by atoms with Gasteiger partial charge in [-0.15, -0.1) is 0 Å². The Morgan fingerprint density at radius 2 is 1.12 bits per heavy atom. The van der Waals surface area contributed by atoms with Gasteiger partial charge in [0.05, 0.1) is 6.61 Å². The van der Waals surface area contributed by atoms with Crippen LogP contribution in [-0.4, -0.2) is 21.6 Å². The molecule has 6 heteroatoms. The molecule has 0 N–H and O–H groups in total. The first-order chi connectivity index (χ1) is 19.6. The van der Waals surface area contributed by atoms with E-state index in [1.54, 1.807) is 36.4 Å². The van der Waals surface area contributed by atoms with Crippen LogP contribution in [0.3, 0.4) is 0 Å². The summed E-state index contributed by atoms with van der Waals surface area (Å²) < 4.78 is 8.69. The summed E-state index contributed by atoms with van der Waals surface area (Å²) in [6.45, 7) is 0.412. The summed E-state index contributed by atoms with van der Waals surface area (Å²) in [6.07, 6.45) is 5.02. The van der Waals surface area contributed by atoms with Gasteiger partial charge in [-0.1, -0.05) is 121 Å². The van der Waals surface area contributed by atoms with Gasteiger partial charge in [-0.2, -0.15) is 4.57 Å². The van der Waals surface area contributed by atoms with Gasteiger partial charge in [-0.3, -0.25) is 14.2 Å². The van der Waals surface area contributed by atoms with E-state index in [2.05, 4.69) is 36.4 Å². The summed E-state index contributed by atoms with van der Waals surface area (Å²) in [5.74, 6) is -0.657. The molecule has 0 bridgehead atoms. The molecule has 1 heterocycles. The number of allylic oxidation sites excluding steroid dienone is 1. The molecule has 0 saturated heterocycles. The summed E-state index contributed by atoms with van der Waals surface area (Å²) in [7, 11) is 0. The lowest BCUT2D eigenvalue weighted by Crippen LogP contribution is -2.43. The second-order valence-corrected chi connectivity index (χ2v) is 9.16. The third-order valence-corrected chi connectivity index (χ3v) is 6.68. The third kappa shape index (κ3) is 5.39. The minimum absolute atomic E-state index is 0.166. The van der Waals surface area contributed by atoms with Crippen molar-refractivity contribution < 1.29 is 9.53 Å². The Morgan fingerprint density at radius 1 is 0.650 bits per heavy atom. The van der Waals surface area contributed by atoms with E-state index in [0.717, 1.165) is 16.7 Å². The molecule has 0 unspecified atom stereocenters. The van der Waals surface area contributed by atoms with Crippen molar-refractivity contribution in [2.75, 3.05) is 6.61 Å². The fourth-order valence-corrected chi connectivity index (χ4v) is 4.75. The average Bonchev–Trinajstić information content (AvgIpc) is 3.02. The monoisotopic (exact) mass is 528 g/mol. The van der Waals surface area contributed by atoms with Gasteiger partial charge in [-0.05, 0) is 28.8 Å². The molecule has 40 heavy (non-hydrogen) atoms. The minimum Gasteiger partial charge on any atom is -0.357 e. The second-order valence-electron chi connectivity index (χ2n) is 9.16. The van der Waals surface area contributed by atoms with Gasteiger partial charge in [-0.25, -0.2) is 4.79 Å². The van der Waals surface area contributed by atoms with E-state index in [1.807, 2.05) is 60.7 Å².